The minimum absolute atomic E-state index is 0.148. The lowest BCUT2D eigenvalue weighted by molar-refractivity contribution is -0.383. The van der Waals surface area contributed by atoms with Crippen molar-refractivity contribution in [3.63, 3.8) is 0 Å². The molecule has 98 valence electrons. The van der Waals surface area contributed by atoms with Gasteiger partial charge in [-0.2, -0.15) is 0 Å². The number of nitrogens with zero attached hydrogens (tertiary/aromatic N) is 1. The lowest BCUT2D eigenvalue weighted by Crippen LogP contribution is -2.17. The second kappa shape index (κ2) is 4.06. The van der Waals surface area contributed by atoms with Crippen molar-refractivity contribution in [3.05, 3.63) is 44.2 Å². The van der Waals surface area contributed by atoms with Gasteiger partial charge in [-0.3, -0.25) is 14.9 Å². The average Bonchev–Trinajstić information content (AvgIpc) is 2.80. The van der Waals surface area contributed by atoms with Gasteiger partial charge < -0.3 is 14.8 Å². The molecule has 0 amide bonds. The molecule has 0 aliphatic carbocycles. The van der Waals surface area contributed by atoms with Gasteiger partial charge in [-0.15, -0.1) is 0 Å². The summed E-state index contributed by atoms with van der Waals surface area (Å²) in [4.78, 5) is 24.3. The monoisotopic (exact) mass is 262 g/mol. The summed E-state index contributed by atoms with van der Waals surface area (Å²) < 4.78 is 5.55. The van der Waals surface area contributed by atoms with E-state index in [1.165, 1.54) is 18.2 Å². The maximum absolute atomic E-state index is 11.3. The van der Waals surface area contributed by atoms with Gasteiger partial charge >= 0.3 is 0 Å². The molecule has 19 heavy (non-hydrogen) atoms. The fraction of sp³-hybridized carbons (Fsp3) is 0.250. The Bertz CT molecular complexity index is 737. The van der Waals surface area contributed by atoms with E-state index in [0.29, 0.717) is 23.1 Å². The molecule has 1 aliphatic heterocycles. The number of benzene rings is 1. The van der Waals surface area contributed by atoms with Crippen molar-refractivity contribution in [3.8, 4) is 5.75 Å². The van der Waals surface area contributed by atoms with E-state index in [0.717, 1.165) is 0 Å². The van der Waals surface area contributed by atoms with Crippen LogP contribution in [0.4, 0.5) is 5.69 Å². The Kier molecular flexibility index (Phi) is 2.49. The maximum Gasteiger partial charge on any atom is 0.293 e. The third-order valence-electron chi connectivity index (χ3n) is 3.15. The molecule has 7 heteroatoms. The first-order valence-electron chi connectivity index (χ1n) is 5.71. The highest BCUT2D eigenvalue weighted by molar-refractivity contribution is 5.93. The quantitative estimate of drug-likeness (QED) is 0.613. The van der Waals surface area contributed by atoms with Crippen molar-refractivity contribution in [1.29, 1.82) is 0 Å². The van der Waals surface area contributed by atoms with Gasteiger partial charge in [0.05, 0.1) is 11.5 Å². The van der Waals surface area contributed by atoms with E-state index in [1.54, 1.807) is 0 Å². The largest absolute Gasteiger partial charge is 0.487 e. The molecule has 0 saturated carbocycles. The second-order valence-corrected chi connectivity index (χ2v) is 4.38. The Morgan fingerprint density at radius 2 is 2.32 bits per heavy atom. The number of pyridine rings is 1. The number of hydrogen-bond donors (Lipinski definition) is 2. The van der Waals surface area contributed by atoms with Crippen LogP contribution >= 0.6 is 0 Å². The Morgan fingerprint density at radius 3 is 3.00 bits per heavy atom. The van der Waals surface area contributed by atoms with E-state index >= 15 is 0 Å². The minimum atomic E-state index is -0.537. The van der Waals surface area contributed by atoms with Crippen molar-refractivity contribution in [1.82, 2.24) is 4.98 Å². The number of fused-ring (bicyclic) bond motifs is 3. The average molecular weight is 262 g/mol. The summed E-state index contributed by atoms with van der Waals surface area (Å²) in [6.07, 6.45) is 0.0222. The van der Waals surface area contributed by atoms with E-state index in [-0.39, 0.29) is 17.8 Å². The molecule has 2 N–H and O–H groups in total. The van der Waals surface area contributed by atoms with Crippen LogP contribution in [0.25, 0.3) is 10.9 Å². The van der Waals surface area contributed by atoms with Crippen LogP contribution in [0.15, 0.2) is 23.0 Å². The lowest BCUT2D eigenvalue weighted by atomic mass is 10.1. The Hall–Kier alpha value is -2.41. The summed E-state index contributed by atoms with van der Waals surface area (Å²) in [5.41, 5.74) is 0.251. The highest BCUT2D eigenvalue weighted by atomic mass is 16.6. The summed E-state index contributed by atoms with van der Waals surface area (Å²) in [6, 6.07) is 4.19. The normalized spacial score (nSPS) is 17.2. The van der Waals surface area contributed by atoms with Gasteiger partial charge in [-0.05, 0) is 6.07 Å². The first kappa shape index (κ1) is 11.7. The van der Waals surface area contributed by atoms with Crippen LogP contribution in [0.3, 0.4) is 0 Å². The number of aromatic nitrogens is 1. The fourth-order valence-corrected chi connectivity index (χ4v) is 2.33. The molecule has 2 aromatic rings. The molecular weight excluding hydrogens is 252 g/mol. The summed E-state index contributed by atoms with van der Waals surface area (Å²) in [7, 11) is 0. The summed E-state index contributed by atoms with van der Waals surface area (Å²) in [6.45, 7) is -0.159. The highest BCUT2D eigenvalue weighted by Crippen LogP contribution is 2.39. The van der Waals surface area contributed by atoms with Gasteiger partial charge in [-0.25, -0.2) is 0 Å². The first-order valence-corrected chi connectivity index (χ1v) is 5.71. The van der Waals surface area contributed by atoms with Crippen molar-refractivity contribution in [2.24, 2.45) is 0 Å². The van der Waals surface area contributed by atoms with E-state index < -0.39 is 16.6 Å². The molecule has 1 atom stereocenters. The summed E-state index contributed by atoms with van der Waals surface area (Å²) >= 11 is 0. The zero-order valence-corrected chi connectivity index (χ0v) is 9.75. The number of nitrogens with one attached hydrogen (secondary N) is 1. The topological polar surface area (TPSA) is 105 Å². The van der Waals surface area contributed by atoms with Gasteiger partial charge in [0.1, 0.15) is 17.4 Å². The molecule has 2 heterocycles. The van der Waals surface area contributed by atoms with Crippen LogP contribution < -0.4 is 10.3 Å². The third-order valence-corrected chi connectivity index (χ3v) is 3.15. The van der Waals surface area contributed by atoms with Gasteiger partial charge in [0.2, 0.25) is 5.56 Å². The zero-order valence-electron chi connectivity index (χ0n) is 9.75. The van der Waals surface area contributed by atoms with E-state index in [9.17, 15) is 14.9 Å². The minimum Gasteiger partial charge on any atom is -0.487 e. The molecule has 1 aliphatic rings. The maximum atomic E-state index is 11.3. The number of aliphatic hydroxyl groups is 1. The number of rotatable bonds is 2. The Morgan fingerprint density at radius 1 is 1.53 bits per heavy atom. The van der Waals surface area contributed by atoms with Gasteiger partial charge in [0.25, 0.3) is 5.69 Å². The SMILES string of the molecule is O=c1ccc2c3c(cc([N+](=O)[O-])c2[nH]1)CC(CO)O3. The number of aliphatic hydroxyl groups excluding tert-OH is 1. The van der Waals surface area contributed by atoms with E-state index in [4.69, 9.17) is 9.84 Å². The number of aromatic amines is 1. The van der Waals surface area contributed by atoms with Gasteiger partial charge in [0, 0.05) is 29.5 Å². The predicted octanol–water partition coefficient (Wildman–Crippen LogP) is 0.732. The molecule has 0 saturated heterocycles. The Balaban J connectivity index is 2.34. The molecule has 1 aromatic heterocycles. The fourth-order valence-electron chi connectivity index (χ4n) is 2.33. The van der Waals surface area contributed by atoms with Crippen molar-refractivity contribution < 1.29 is 14.8 Å². The highest BCUT2D eigenvalue weighted by Gasteiger charge is 2.28. The van der Waals surface area contributed by atoms with Crippen molar-refractivity contribution in [2.75, 3.05) is 6.61 Å². The molecule has 0 bridgehead atoms. The molecule has 7 nitrogen and oxygen atoms in total. The summed E-state index contributed by atoms with van der Waals surface area (Å²) in [5.74, 6) is 0.496. The van der Waals surface area contributed by atoms with Crippen LogP contribution in [0.2, 0.25) is 0 Å². The van der Waals surface area contributed by atoms with Crippen molar-refractivity contribution in [2.45, 2.75) is 12.5 Å². The lowest BCUT2D eigenvalue weighted by Gasteiger charge is -2.08. The number of non-ortho nitro benzene ring substituents is 1. The molecule has 0 radical (unpaired) electrons. The van der Waals surface area contributed by atoms with Gasteiger partial charge in [-0.1, -0.05) is 0 Å². The molecule has 3 rings (SSSR count). The second-order valence-electron chi connectivity index (χ2n) is 4.38. The van der Waals surface area contributed by atoms with Crippen LogP contribution in [-0.4, -0.2) is 27.7 Å². The summed E-state index contributed by atoms with van der Waals surface area (Å²) in [5, 5.41) is 20.7. The number of nitro groups is 1. The molecular formula is C12H10N2O5. The molecule has 1 unspecified atom stereocenters. The van der Waals surface area contributed by atoms with E-state index in [2.05, 4.69) is 4.98 Å². The van der Waals surface area contributed by atoms with Crippen LogP contribution in [0, 0.1) is 10.1 Å². The van der Waals surface area contributed by atoms with Crippen LogP contribution in [0.5, 0.6) is 5.75 Å². The van der Waals surface area contributed by atoms with Gasteiger partial charge in [0.15, 0.2) is 0 Å². The molecule has 0 fully saturated rings. The first-order chi connectivity index (χ1) is 9.10. The smallest absolute Gasteiger partial charge is 0.293 e. The number of nitro benzene ring substituents is 1. The number of H-pyrrole nitrogens is 1. The van der Waals surface area contributed by atoms with Crippen molar-refractivity contribution >= 4 is 16.6 Å². The number of ether oxygens (including phenoxy) is 1. The third kappa shape index (κ3) is 1.75. The van der Waals surface area contributed by atoms with E-state index in [1.807, 2.05) is 0 Å². The molecule has 0 spiro atoms. The zero-order chi connectivity index (χ0) is 13.6. The van der Waals surface area contributed by atoms with Crippen LogP contribution in [-0.2, 0) is 6.42 Å². The standard InChI is InChI=1S/C12H10N2O5/c15-5-7-3-6-4-9(14(17)18)11-8(12(6)19-7)1-2-10(16)13-11/h1-2,4,7,15H,3,5H2,(H,13,16). The molecule has 1 aromatic carbocycles. The predicted molar refractivity (Wildman–Crippen MR) is 66.4 cm³/mol. The Labute approximate surface area is 106 Å². The van der Waals surface area contributed by atoms with Crippen LogP contribution in [0.1, 0.15) is 5.56 Å². The number of hydrogen-bond acceptors (Lipinski definition) is 5.